The first-order valence-electron chi connectivity index (χ1n) is 5.03. The lowest BCUT2D eigenvalue weighted by Gasteiger charge is -2.10. The van der Waals surface area contributed by atoms with Crippen LogP contribution in [-0.2, 0) is 4.79 Å². The molecule has 0 bridgehead atoms. The van der Waals surface area contributed by atoms with Gasteiger partial charge in [-0.25, -0.2) is 4.98 Å². The molecule has 1 unspecified atom stereocenters. The highest BCUT2D eigenvalue weighted by atomic mass is 32.2. The normalized spacial score (nSPS) is 12.2. The summed E-state index contributed by atoms with van der Waals surface area (Å²) >= 11 is 1.35. The second-order valence-electron chi connectivity index (χ2n) is 3.40. The fourth-order valence-electron chi connectivity index (χ4n) is 1.42. The average molecular weight is 249 g/mol. The molecule has 0 radical (unpaired) electrons. The Hall–Kier alpha value is -1.82. The van der Waals surface area contributed by atoms with Crippen LogP contribution in [0.1, 0.15) is 11.5 Å². The first kappa shape index (κ1) is 11.7. The second kappa shape index (κ2) is 5.49. The number of H-pyrrole nitrogens is 1. The molecule has 6 heteroatoms. The molecule has 1 heterocycles. The van der Waals surface area contributed by atoms with Crippen molar-refractivity contribution in [1.29, 1.82) is 0 Å². The van der Waals surface area contributed by atoms with Crippen molar-refractivity contribution in [3.8, 4) is 0 Å². The lowest BCUT2D eigenvalue weighted by atomic mass is 10.0. The predicted molar refractivity (Wildman–Crippen MR) is 63.9 cm³/mol. The molecule has 0 aliphatic heterocycles. The number of aliphatic carboxylic acids is 1. The maximum Gasteiger partial charge on any atom is 0.311 e. The van der Waals surface area contributed by atoms with E-state index in [-0.39, 0.29) is 0 Å². The fraction of sp³-hybridized carbons (Fsp3) is 0.182. The molecule has 17 heavy (non-hydrogen) atoms. The van der Waals surface area contributed by atoms with Gasteiger partial charge in [-0.05, 0) is 5.56 Å². The summed E-state index contributed by atoms with van der Waals surface area (Å²) in [5.74, 6) is -0.941. The van der Waals surface area contributed by atoms with Gasteiger partial charge in [0.15, 0.2) is 5.16 Å². The quantitative estimate of drug-likeness (QED) is 0.789. The standard InChI is InChI=1S/C11H11N3O2S/c15-10(16)9(8-4-2-1-3-5-8)6-17-11-12-7-13-14-11/h1-5,7,9H,6H2,(H,15,16)(H,12,13,14). The number of nitrogens with one attached hydrogen (secondary N) is 1. The number of nitrogens with zero attached hydrogens (tertiary/aromatic N) is 2. The number of carboxylic acids is 1. The van der Waals surface area contributed by atoms with Crippen LogP contribution >= 0.6 is 11.8 Å². The summed E-state index contributed by atoms with van der Waals surface area (Å²) in [6.45, 7) is 0. The van der Waals surface area contributed by atoms with Crippen LogP contribution in [0.5, 0.6) is 0 Å². The predicted octanol–water partition coefficient (Wildman–Crippen LogP) is 1.77. The summed E-state index contributed by atoms with van der Waals surface area (Å²) < 4.78 is 0. The second-order valence-corrected chi connectivity index (χ2v) is 4.41. The van der Waals surface area contributed by atoms with E-state index in [1.807, 2.05) is 30.3 Å². The molecule has 0 aliphatic rings. The van der Waals surface area contributed by atoms with Gasteiger partial charge in [0.2, 0.25) is 0 Å². The Bertz CT molecular complexity index is 473. The van der Waals surface area contributed by atoms with Crippen LogP contribution in [0, 0.1) is 0 Å². The van der Waals surface area contributed by atoms with E-state index in [2.05, 4.69) is 15.2 Å². The number of carboxylic acid groups (broad SMARTS) is 1. The van der Waals surface area contributed by atoms with Gasteiger partial charge in [-0.1, -0.05) is 42.1 Å². The molecule has 5 nitrogen and oxygen atoms in total. The highest BCUT2D eigenvalue weighted by Crippen LogP contribution is 2.24. The zero-order valence-electron chi connectivity index (χ0n) is 8.91. The van der Waals surface area contributed by atoms with Gasteiger partial charge in [0.1, 0.15) is 6.33 Å². The van der Waals surface area contributed by atoms with E-state index < -0.39 is 11.9 Å². The van der Waals surface area contributed by atoms with Crippen LogP contribution < -0.4 is 0 Å². The smallest absolute Gasteiger partial charge is 0.311 e. The van der Waals surface area contributed by atoms with Crippen molar-refractivity contribution in [2.45, 2.75) is 11.1 Å². The van der Waals surface area contributed by atoms with Gasteiger partial charge in [0, 0.05) is 5.75 Å². The summed E-state index contributed by atoms with van der Waals surface area (Å²) in [4.78, 5) is 15.1. The van der Waals surface area contributed by atoms with Crippen LogP contribution in [0.4, 0.5) is 0 Å². The minimum atomic E-state index is -0.830. The third-order valence-corrected chi connectivity index (χ3v) is 3.25. The zero-order chi connectivity index (χ0) is 12.1. The van der Waals surface area contributed by atoms with Crippen LogP contribution in [0.15, 0.2) is 41.8 Å². The van der Waals surface area contributed by atoms with Gasteiger partial charge >= 0.3 is 5.97 Å². The summed E-state index contributed by atoms with van der Waals surface area (Å²) in [5, 5.41) is 16.2. The number of aromatic nitrogens is 3. The Balaban J connectivity index is 2.06. The van der Waals surface area contributed by atoms with Gasteiger partial charge in [0.05, 0.1) is 5.92 Å². The van der Waals surface area contributed by atoms with Crippen molar-refractivity contribution >= 4 is 17.7 Å². The average Bonchev–Trinajstić information content (AvgIpc) is 2.83. The Labute approximate surface area is 102 Å². The van der Waals surface area contributed by atoms with Gasteiger partial charge < -0.3 is 5.11 Å². The maximum atomic E-state index is 11.2. The van der Waals surface area contributed by atoms with Crippen LogP contribution in [0.2, 0.25) is 0 Å². The van der Waals surface area contributed by atoms with Crippen LogP contribution in [0.25, 0.3) is 0 Å². The monoisotopic (exact) mass is 249 g/mol. The topological polar surface area (TPSA) is 78.9 Å². The first-order chi connectivity index (χ1) is 8.27. The number of rotatable bonds is 5. The van der Waals surface area contributed by atoms with Gasteiger partial charge in [-0.15, -0.1) is 0 Å². The molecular formula is C11H11N3O2S. The number of thioether (sulfide) groups is 1. The number of carbonyl (C=O) groups is 1. The van der Waals surface area contributed by atoms with Crippen molar-refractivity contribution < 1.29 is 9.90 Å². The molecule has 2 aromatic rings. The third-order valence-electron chi connectivity index (χ3n) is 2.28. The molecule has 0 amide bonds. The van der Waals surface area contributed by atoms with Gasteiger partial charge in [0.25, 0.3) is 0 Å². The van der Waals surface area contributed by atoms with Crippen LogP contribution in [-0.4, -0.2) is 32.0 Å². The number of hydrogen-bond donors (Lipinski definition) is 2. The Morgan fingerprint density at radius 3 is 2.76 bits per heavy atom. The first-order valence-corrected chi connectivity index (χ1v) is 6.02. The molecule has 88 valence electrons. The number of benzene rings is 1. The molecule has 1 atom stereocenters. The van der Waals surface area contributed by atoms with Crippen molar-refractivity contribution in [3.05, 3.63) is 42.2 Å². The molecule has 1 aromatic heterocycles. The van der Waals surface area contributed by atoms with E-state index >= 15 is 0 Å². The summed E-state index contributed by atoms with van der Waals surface area (Å²) in [6, 6.07) is 9.18. The van der Waals surface area contributed by atoms with E-state index in [9.17, 15) is 9.90 Å². The van der Waals surface area contributed by atoms with E-state index in [0.29, 0.717) is 10.9 Å². The van der Waals surface area contributed by atoms with Crippen molar-refractivity contribution in [1.82, 2.24) is 15.2 Å². The molecular weight excluding hydrogens is 238 g/mol. The highest BCUT2D eigenvalue weighted by Gasteiger charge is 2.20. The fourth-order valence-corrected chi connectivity index (χ4v) is 2.32. The minimum absolute atomic E-state index is 0.425. The van der Waals surface area contributed by atoms with Crippen LogP contribution in [0.3, 0.4) is 0 Å². The molecule has 2 N–H and O–H groups in total. The third kappa shape index (κ3) is 3.07. The molecule has 1 aromatic carbocycles. The van der Waals surface area contributed by atoms with E-state index in [0.717, 1.165) is 5.56 Å². The van der Waals surface area contributed by atoms with E-state index in [1.54, 1.807) is 0 Å². The van der Waals surface area contributed by atoms with Crippen molar-refractivity contribution in [3.63, 3.8) is 0 Å². The maximum absolute atomic E-state index is 11.2. The highest BCUT2D eigenvalue weighted by molar-refractivity contribution is 7.99. The molecule has 0 fully saturated rings. The largest absolute Gasteiger partial charge is 0.481 e. The summed E-state index contributed by atoms with van der Waals surface area (Å²) in [5.41, 5.74) is 0.798. The number of aromatic amines is 1. The van der Waals surface area contributed by atoms with E-state index in [4.69, 9.17) is 0 Å². The molecule has 0 saturated carbocycles. The lowest BCUT2D eigenvalue weighted by Crippen LogP contribution is -2.14. The Morgan fingerprint density at radius 2 is 2.18 bits per heavy atom. The molecule has 2 rings (SSSR count). The summed E-state index contributed by atoms with van der Waals surface area (Å²) in [6.07, 6.45) is 1.40. The van der Waals surface area contributed by atoms with Gasteiger partial charge in [-0.2, -0.15) is 5.10 Å². The minimum Gasteiger partial charge on any atom is -0.481 e. The van der Waals surface area contributed by atoms with E-state index in [1.165, 1.54) is 18.1 Å². The summed E-state index contributed by atoms with van der Waals surface area (Å²) in [7, 11) is 0. The Kier molecular flexibility index (Phi) is 3.77. The molecule has 0 saturated heterocycles. The lowest BCUT2D eigenvalue weighted by molar-refractivity contribution is -0.138. The molecule has 0 aliphatic carbocycles. The Morgan fingerprint density at radius 1 is 1.41 bits per heavy atom. The van der Waals surface area contributed by atoms with Crippen molar-refractivity contribution in [2.24, 2.45) is 0 Å². The number of hydrogen-bond acceptors (Lipinski definition) is 4. The zero-order valence-corrected chi connectivity index (χ0v) is 9.72. The van der Waals surface area contributed by atoms with Crippen molar-refractivity contribution in [2.75, 3.05) is 5.75 Å². The van der Waals surface area contributed by atoms with Gasteiger partial charge in [-0.3, -0.25) is 9.89 Å². The molecule has 0 spiro atoms. The SMILES string of the molecule is O=C(O)C(CSc1ncn[nH]1)c1ccccc1.